The summed E-state index contributed by atoms with van der Waals surface area (Å²) in [4.78, 5) is 0. The smallest absolute Gasteiger partial charge is 1.00 e. The molecule has 0 saturated heterocycles. The van der Waals surface area contributed by atoms with Gasteiger partial charge in [-0.2, -0.15) is 30.3 Å². The molecule has 1 aromatic carbocycles. The van der Waals surface area contributed by atoms with Crippen LogP contribution in [0.5, 0.6) is 0 Å². The van der Waals surface area contributed by atoms with E-state index in [4.69, 9.17) is 4.74 Å². The molecule has 0 fully saturated rings. The Hall–Kier alpha value is 0.166. The van der Waals surface area contributed by atoms with Crippen LogP contribution in [-0.2, 0) is 11.3 Å². The molecule has 3 heteroatoms. The number of rotatable bonds is 5. The maximum atomic E-state index is 5.36. The average Bonchev–Trinajstić information content (AvgIpc) is 2.14. The third kappa shape index (κ3) is 7.56. The van der Waals surface area contributed by atoms with E-state index < -0.39 is 0 Å². The molecular formula is C11H13BrMgO. The number of halogens is 1. The summed E-state index contributed by atoms with van der Waals surface area (Å²) < 4.78 is 5.36. The summed E-state index contributed by atoms with van der Waals surface area (Å²) in [6.07, 6.45) is 2.77. The van der Waals surface area contributed by atoms with Gasteiger partial charge in [-0.3, -0.25) is 0 Å². The molecule has 0 radical (unpaired) electrons. The Bertz CT molecular complexity index is 226. The maximum absolute atomic E-state index is 5.36. The van der Waals surface area contributed by atoms with Crippen LogP contribution in [0.2, 0.25) is 0 Å². The van der Waals surface area contributed by atoms with Gasteiger partial charge in [0, 0.05) is 6.61 Å². The zero-order valence-corrected chi connectivity index (χ0v) is 11.2. The largest absolute Gasteiger partial charge is 2.00 e. The summed E-state index contributed by atoms with van der Waals surface area (Å²) in [5.74, 6) is 0. The van der Waals surface area contributed by atoms with E-state index in [2.05, 4.69) is 12.6 Å². The standard InChI is InChI=1S/C11H13O.BrH.Mg/c1-2-3-9-12-10-11-7-5-4-6-8-11;;/h2,4-7H,1,3,9-10H2;1H;/q-1;;+2/p-1. The van der Waals surface area contributed by atoms with Crippen LogP contribution in [0, 0.1) is 6.07 Å². The van der Waals surface area contributed by atoms with Gasteiger partial charge in [-0.1, -0.05) is 6.08 Å². The minimum Gasteiger partial charge on any atom is -1.00 e. The van der Waals surface area contributed by atoms with Gasteiger partial charge in [-0.05, 0) is 6.42 Å². The summed E-state index contributed by atoms with van der Waals surface area (Å²) in [5, 5.41) is 0. The van der Waals surface area contributed by atoms with E-state index in [9.17, 15) is 0 Å². The van der Waals surface area contributed by atoms with Gasteiger partial charge < -0.3 is 21.7 Å². The first-order chi connectivity index (χ1) is 5.93. The normalized spacial score (nSPS) is 8.29. The Balaban J connectivity index is 0. The van der Waals surface area contributed by atoms with Crippen LogP contribution in [0.3, 0.4) is 0 Å². The SMILES string of the molecule is C=CCCOCc1[c-]cccc1.[Br-].[Mg+2]. The van der Waals surface area contributed by atoms with Gasteiger partial charge in [0.2, 0.25) is 0 Å². The maximum Gasteiger partial charge on any atom is 2.00 e. The number of hydrogen-bond acceptors (Lipinski definition) is 1. The van der Waals surface area contributed by atoms with Gasteiger partial charge in [0.05, 0.1) is 6.61 Å². The van der Waals surface area contributed by atoms with Crippen molar-refractivity contribution in [3.8, 4) is 0 Å². The van der Waals surface area contributed by atoms with Crippen LogP contribution in [0.15, 0.2) is 36.9 Å². The second kappa shape index (κ2) is 11.2. The van der Waals surface area contributed by atoms with Crippen molar-refractivity contribution in [3.63, 3.8) is 0 Å². The van der Waals surface area contributed by atoms with Crippen molar-refractivity contribution in [3.05, 3.63) is 48.6 Å². The molecule has 0 atom stereocenters. The molecule has 72 valence electrons. The van der Waals surface area contributed by atoms with Gasteiger partial charge in [0.15, 0.2) is 0 Å². The fourth-order valence-corrected chi connectivity index (χ4v) is 0.869. The molecule has 1 nitrogen and oxygen atoms in total. The quantitative estimate of drug-likeness (QED) is 0.293. The topological polar surface area (TPSA) is 9.23 Å². The Morgan fingerprint density at radius 2 is 2.21 bits per heavy atom. The first-order valence-corrected chi connectivity index (χ1v) is 4.07. The van der Waals surface area contributed by atoms with E-state index in [-0.39, 0.29) is 40.0 Å². The third-order valence-electron chi connectivity index (χ3n) is 1.50. The Morgan fingerprint density at radius 1 is 1.43 bits per heavy atom. The Morgan fingerprint density at radius 3 is 2.79 bits per heavy atom. The van der Waals surface area contributed by atoms with Crippen molar-refractivity contribution in [2.75, 3.05) is 6.61 Å². The van der Waals surface area contributed by atoms with Crippen LogP contribution < -0.4 is 17.0 Å². The monoisotopic (exact) mass is 264 g/mol. The molecule has 0 aliphatic rings. The van der Waals surface area contributed by atoms with Crippen molar-refractivity contribution in [1.29, 1.82) is 0 Å². The predicted molar refractivity (Wildman–Crippen MR) is 55.5 cm³/mol. The molecule has 0 unspecified atom stereocenters. The average molecular weight is 265 g/mol. The molecule has 1 aromatic rings. The predicted octanol–water partition coefficient (Wildman–Crippen LogP) is -0.797. The molecule has 0 heterocycles. The summed E-state index contributed by atoms with van der Waals surface area (Å²) >= 11 is 0. The van der Waals surface area contributed by atoms with Gasteiger partial charge in [0.1, 0.15) is 0 Å². The van der Waals surface area contributed by atoms with E-state index >= 15 is 0 Å². The first kappa shape index (κ1) is 16.6. The van der Waals surface area contributed by atoms with Crippen LogP contribution in [0.25, 0.3) is 0 Å². The Labute approximate surface area is 112 Å². The zero-order valence-electron chi connectivity index (χ0n) is 8.21. The molecule has 1 rings (SSSR count). The molecule has 0 aliphatic heterocycles. The van der Waals surface area contributed by atoms with Crippen molar-refractivity contribution >= 4 is 23.1 Å². The molecule has 0 N–H and O–H groups in total. The molecule has 0 aromatic heterocycles. The zero-order chi connectivity index (χ0) is 8.65. The van der Waals surface area contributed by atoms with E-state index in [0.29, 0.717) is 6.61 Å². The number of ether oxygens (including phenoxy) is 1. The summed E-state index contributed by atoms with van der Waals surface area (Å²) in [6.45, 7) is 5.01. The number of hydrogen-bond donors (Lipinski definition) is 0. The van der Waals surface area contributed by atoms with Gasteiger partial charge in [0.25, 0.3) is 0 Å². The molecule has 14 heavy (non-hydrogen) atoms. The van der Waals surface area contributed by atoms with E-state index in [0.717, 1.165) is 18.6 Å². The first-order valence-electron chi connectivity index (χ1n) is 4.07. The van der Waals surface area contributed by atoms with Crippen molar-refractivity contribution in [2.45, 2.75) is 13.0 Å². The van der Waals surface area contributed by atoms with Crippen molar-refractivity contribution in [2.24, 2.45) is 0 Å². The van der Waals surface area contributed by atoms with Gasteiger partial charge >= 0.3 is 23.1 Å². The molecule has 0 spiro atoms. The minimum absolute atomic E-state index is 0. The van der Waals surface area contributed by atoms with Crippen LogP contribution in [-0.4, -0.2) is 29.7 Å². The fraction of sp³-hybridized carbons (Fsp3) is 0.273. The van der Waals surface area contributed by atoms with Crippen LogP contribution in [0.4, 0.5) is 0 Å². The van der Waals surface area contributed by atoms with Crippen LogP contribution in [0.1, 0.15) is 12.0 Å². The molecule has 0 saturated carbocycles. The van der Waals surface area contributed by atoms with Gasteiger partial charge in [-0.15, -0.1) is 12.1 Å². The third-order valence-corrected chi connectivity index (χ3v) is 1.50. The minimum atomic E-state index is 0. The molecule has 0 aliphatic carbocycles. The van der Waals surface area contributed by atoms with Crippen molar-refractivity contribution < 1.29 is 21.7 Å². The van der Waals surface area contributed by atoms with E-state index in [1.54, 1.807) is 0 Å². The number of benzene rings is 1. The Kier molecular flexibility index (Phi) is 13.3. The second-order valence-electron chi connectivity index (χ2n) is 2.52. The molecule has 0 bridgehead atoms. The van der Waals surface area contributed by atoms with Crippen LogP contribution >= 0.6 is 0 Å². The summed E-state index contributed by atoms with van der Waals surface area (Å²) in [5.41, 5.74) is 1.10. The van der Waals surface area contributed by atoms with E-state index in [1.807, 2.05) is 30.3 Å². The molecule has 0 amide bonds. The summed E-state index contributed by atoms with van der Waals surface area (Å²) in [6, 6.07) is 10.9. The fourth-order valence-electron chi connectivity index (χ4n) is 0.869. The molecular weight excluding hydrogens is 252 g/mol. The summed E-state index contributed by atoms with van der Waals surface area (Å²) in [7, 11) is 0. The van der Waals surface area contributed by atoms with Crippen molar-refractivity contribution in [1.82, 2.24) is 0 Å². The second-order valence-corrected chi connectivity index (χ2v) is 2.52. The van der Waals surface area contributed by atoms with E-state index in [1.165, 1.54) is 0 Å². The van der Waals surface area contributed by atoms with Gasteiger partial charge in [-0.25, -0.2) is 0 Å².